The van der Waals surface area contributed by atoms with Crippen molar-refractivity contribution in [3.8, 4) is 0 Å². The van der Waals surface area contributed by atoms with Gasteiger partial charge in [0.25, 0.3) is 5.91 Å². The summed E-state index contributed by atoms with van der Waals surface area (Å²) in [5.74, 6) is -0.480. The van der Waals surface area contributed by atoms with E-state index < -0.39 is 11.6 Å². The molecule has 114 valence electrons. The lowest BCUT2D eigenvalue weighted by atomic mass is 9.71. The van der Waals surface area contributed by atoms with Crippen molar-refractivity contribution < 1.29 is 14.3 Å². The van der Waals surface area contributed by atoms with Crippen molar-refractivity contribution in [2.75, 3.05) is 32.7 Å². The first-order chi connectivity index (χ1) is 9.28. The Balaban J connectivity index is 1.87. The largest absolute Gasteiger partial charge is 0.450 e. The number of carbonyl (C=O) groups excluding carboxylic acids is 2. The molecule has 0 atom stereocenters. The highest BCUT2D eigenvalue weighted by Gasteiger charge is 2.49. The van der Waals surface area contributed by atoms with Crippen molar-refractivity contribution >= 4 is 11.9 Å². The second kappa shape index (κ2) is 5.35. The lowest BCUT2D eigenvalue weighted by molar-refractivity contribution is -0.177. The molecule has 1 spiro atoms. The average molecular weight is 282 g/mol. The van der Waals surface area contributed by atoms with E-state index in [0.29, 0.717) is 5.41 Å². The number of hydrogen-bond acceptors (Lipinski definition) is 4. The van der Waals surface area contributed by atoms with Gasteiger partial charge in [0.05, 0.1) is 0 Å². The molecule has 0 aromatic carbocycles. The monoisotopic (exact) mass is 282 g/mol. The molecule has 2 aliphatic heterocycles. The molecule has 2 aliphatic rings. The predicted octanol–water partition coefficient (Wildman–Crippen LogP) is 1.27. The summed E-state index contributed by atoms with van der Waals surface area (Å²) in [5.41, 5.74) is -0.731. The summed E-state index contributed by atoms with van der Waals surface area (Å²) in [6.07, 6.45) is 2.33. The molecular weight excluding hydrogens is 256 g/mol. The minimum atomic E-state index is -1.04. The summed E-state index contributed by atoms with van der Waals surface area (Å²) < 4.78 is 5.13. The fraction of sp³-hybridized carbons (Fsp3) is 0.867. The van der Waals surface area contributed by atoms with Crippen molar-refractivity contribution in [1.29, 1.82) is 0 Å². The second-order valence-corrected chi connectivity index (χ2v) is 6.70. The summed E-state index contributed by atoms with van der Waals surface area (Å²) >= 11 is 0. The Morgan fingerprint density at radius 1 is 1.20 bits per heavy atom. The highest BCUT2D eigenvalue weighted by Crippen LogP contribution is 2.41. The molecule has 2 heterocycles. The van der Waals surface area contributed by atoms with Crippen molar-refractivity contribution in [2.45, 2.75) is 46.1 Å². The number of rotatable bonds is 3. The van der Waals surface area contributed by atoms with Crippen LogP contribution in [-0.4, -0.2) is 60.0 Å². The predicted molar refractivity (Wildman–Crippen MR) is 76.2 cm³/mol. The summed E-state index contributed by atoms with van der Waals surface area (Å²) in [6.45, 7) is 11.9. The average Bonchev–Trinajstić information content (AvgIpc) is 2.33. The lowest BCUT2D eigenvalue weighted by Gasteiger charge is -2.55. The highest BCUT2D eigenvalue weighted by molar-refractivity contribution is 5.87. The molecule has 0 saturated carbocycles. The van der Waals surface area contributed by atoms with E-state index >= 15 is 0 Å². The van der Waals surface area contributed by atoms with Crippen LogP contribution in [0.1, 0.15) is 40.5 Å². The van der Waals surface area contributed by atoms with Gasteiger partial charge in [-0.3, -0.25) is 9.59 Å². The molecular formula is C15H26N2O3. The van der Waals surface area contributed by atoms with Crippen LogP contribution < -0.4 is 0 Å². The van der Waals surface area contributed by atoms with Crippen molar-refractivity contribution in [2.24, 2.45) is 5.41 Å². The first-order valence-corrected chi connectivity index (χ1v) is 7.49. The molecule has 20 heavy (non-hydrogen) atoms. The van der Waals surface area contributed by atoms with Crippen LogP contribution in [0.3, 0.4) is 0 Å². The maximum atomic E-state index is 12.4. The maximum absolute atomic E-state index is 12.4. The van der Waals surface area contributed by atoms with E-state index in [9.17, 15) is 9.59 Å². The fourth-order valence-corrected chi connectivity index (χ4v) is 3.35. The van der Waals surface area contributed by atoms with Crippen molar-refractivity contribution in [1.82, 2.24) is 9.80 Å². The van der Waals surface area contributed by atoms with Crippen LogP contribution in [0.4, 0.5) is 0 Å². The number of esters is 1. The molecule has 2 fully saturated rings. The number of nitrogens with zero attached hydrogens (tertiary/aromatic N) is 2. The Morgan fingerprint density at radius 2 is 1.75 bits per heavy atom. The number of likely N-dealkylation sites (tertiary alicyclic amines) is 2. The van der Waals surface area contributed by atoms with Crippen LogP contribution >= 0.6 is 0 Å². The van der Waals surface area contributed by atoms with Crippen LogP contribution in [-0.2, 0) is 14.3 Å². The summed E-state index contributed by atoms with van der Waals surface area (Å²) in [5, 5.41) is 0. The Bertz CT molecular complexity index is 390. The minimum Gasteiger partial charge on any atom is -0.450 e. The molecule has 5 heteroatoms. The van der Waals surface area contributed by atoms with E-state index in [4.69, 9.17) is 4.74 Å². The van der Waals surface area contributed by atoms with Gasteiger partial charge in [0, 0.05) is 25.4 Å². The van der Waals surface area contributed by atoms with E-state index in [1.54, 1.807) is 13.8 Å². The van der Waals surface area contributed by atoms with Crippen LogP contribution in [0.25, 0.3) is 0 Å². The smallest absolute Gasteiger partial charge is 0.303 e. The fourth-order valence-electron chi connectivity index (χ4n) is 3.35. The van der Waals surface area contributed by atoms with E-state index in [0.717, 1.165) is 32.7 Å². The van der Waals surface area contributed by atoms with E-state index in [1.165, 1.54) is 19.8 Å². The third-order valence-electron chi connectivity index (χ3n) is 4.62. The highest BCUT2D eigenvalue weighted by atomic mass is 16.6. The lowest BCUT2D eigenvalue weighted by Crippen LogP contribution is -2.65. The number of carbonyl (C=O) groups is 2. The van der Waals surface area contributed by atoms with Gasteiger partial charge in [-0.05, 0) is 46.3 Å². The van der Waals surface area contributed by atoms with Gasteiger partial charge in [0.2, 0.25) is 0 Å². The van der Waals surface area contributed by atoms with Gasteiger partial charge in [0.1, 0.15) is 0 Å². The summed E-state index contributed by atoms with van der Waals surface area (Å²) in [6, 6.07) is 0. The van der Waals surface area contributed by atoms with Gasteiger partial charge < -0.3 is 14.5 Å². The van der Waals surface area contributed by atoms with E-state index in [2.05, 4.69) is 11.8 Å². The molecule has 0 aliphatic carbocycles. The maximum Gasteiger partial charge on any atom is 0.303 e. The molecule has 0 aromatic rings. The van der Waals surface area contributed by atoms with Crippen LogP contribution in [0.5, 0.6) is 0 Å². The molecule has 0 N–H and O–H groups in total. The van der Waals surface area contributed by atoms with Crippen LogP contribution in [0, 0.1) is 5.41 Å². The molecule has 2 saturated heterocycles. The topological polar surface area (TPSA) is 49.9 Å². The van der Waals surface area contributed by atoms with Gasteiger partial charge in [0.15, 0.2) is 5.60 Å². The Hall–Kier alpha value is -1.10. The zero-order valence-electron chi connectivity index (χ0n) is 13.1. The SMILES string of the molecule is CCN1CCC2(CC1)CN(C(=O)C(C)(C)OC(C)=O)C2. The first kappa shape index (κ1) is 15.3. The molecule has 0 unspecified atom stereocenters. The first-order valence-electron chi connectivity index (χ1n) is 7.49. The number of piperidine rings is 1. The molecule has 0 aromatic heterocycles. The van der Waals surface area contributed by atoms with Gasteiger partial charge in [-0.15, -0.1) is 0 Å². The van der Waals surface area contributed by atoms with Crippen molar-refractivity contribution in [3.63, 3.8) is 0 Å². The number of ether oxygens (including phenoxy) is 1. The minimum absolute atomic E-state index is 0.0729. The van der Waals surface area contributed by atoms with Crippen LogP contribution in [0.15, 0.2) is 0 Å². The van der Waals surface area contributed by atoms with Gasteiger partial charge in [-0.25, -0.2) is 0 Å². The van der Waals surface area contributed by atoms with Gasteiger partial charge in [-0.1, -0.05) is 6.92 Å². The zero-order chi connectivity index (χ0) is 15.0. The quantitative estimate of drug-likeness (QED) is 0.732. The standard InChI is InChI=1S/C15H26N2O3/c1-5-16-8-6-15(7-9-16)10-17(11-15)13(19)14(3,4)20-12(2)18/h5-11H2,1-4H3. The molecule has 5 nitrogen and oxygen atoms in total. The normalized spacial score (nSPS) is 22.5. The Morgan fingerprint density at radius 3 is 2.20 bits per heavy atom. The van der Waals surface area contributed by atoms with Gasteiger partial charge >= 0.3 is 5.97 Å². The second-order valence-electron chi connectivity index (χ2n) is 6.70. The Labute approximate surface area is 121 Å². The molecule has 0 bridgehead atoms. The Kier molecular flexibility index (Phi) is 4.09. The van der Waals surface area contributed by atoms with Gasteiger partial charge in [-0.2, -0.15) is 0 Å². The third-order valence-corrected chi connectivity index (χ3v) is 4.62. The summed E-state index contributed by atoms with van der Waals surface area (Å²) in [7, 11) is 0. The molecule has 2 rings (SSSR count). The third kappa shape index (κ3) is 2.97. The van der Waals surface area contributed by atoms with E-state index in [-0.39, 0.29) is 5.91 Å². The molecule has 0 radical (unpaired) electrons. The zero-order valence-corrected chi connectivity index (χ0v) is 13.1. The number of hydrogen-bond donors (Lipinski definition) is 0. The van der Waals surface area contributed by atoms with Crippen LogP contribution in [0.2, 0.25) is 0 Å². The summed E-state index contributed by atoms with van der Waals surface area (Å²) in [4.78, 5) is 27.7. The van der Waals surface area contributed by atoms with E-state index in [1.807, 2.05) is 4.90 Å². The van der Waals surface area contributed by atoms with Crippen molar-refractivity contribution in [3.05, 3.63) is 0 Å². The number of amides is 1. The molecule has 1 amide bonds.